The number of nitrogens with one attached hydrogen (secondary N) is 1. The molecule has 3 rings (SSSR count). The van der Waals surface area contributed by atoms with E-state index in [9.17, 15) is 4.39 Å². The van der Waals surface area contributed by atoms with E-state index in [2.05, 4.69) is 20.5 Å². The average molecular weight is 320 g/mol. The summed E-state index contributed by atoms with van der Waals surface area (Å²) >= 11 is 0. The van der Waals surface area contributed by atoms with E-state index in [4.69, 9.17) is 0 Å². The van der Waals surface area contributed by atoms with Crippen LogP contribution < -0.4 is 5.43 Å². The van der Waals surface area contributed by atoms with Gasteiger partial charge in [-0.05, 0) is 31.5 Å². The lowest BCUT2D eigenvalue weighted by atomic mass is 10.2. The quantitative estimate of drug-likeness (QED) is 0.574. The predicted octanol–water partition coefficient (Wildman–Crippen LogP) is 4.35. The van der Waals surface area contributed by atoms with Gasteiger partial charge in [-0.3, -0.25) is 5.43 Å². The van der Waals surface area contributed by atoms with Crippen molar-refractivity contribution in [1.82, 2.24) is 9.97 Å². The molecule has 0 amide bonds. The van der Waals surface area contributed by atoms with Crippen molar-refractivity contribution in [2.24, 2.45) is 5.10 Å². The second-order valence-electron chi connectivity index (χ2n) is 5.40. The number of nitrogens with zero attached hydrogens (tertiary/aromatic N) is 3. The second kappa shape index (κ2) is 7.00. The monoisotopic (exact) mass is 320 g/mol. The predicted molar refractivity (Wildman–Crippen MR) is 94.6 cm³/mol. The number of hydrogen-bond acceptors (Lipinski definition) is 4. The summed E-state index contributed by atoms with van der Waals surface area (Å²) in [6, 6.07) is 16.0. The summed E-state index contributed by atoms with van der Waals surface area (Å²) in [5.41, 5.74) is 6.35. The van der Waals surface area contributed by atoms with Gasteiger partial charge >= 0.3 is 0 Å². The highest BCUT2D eigenvalue weighted by Crippen LogP contribution is 2.21. The smallest absolute Gasteiger partial charge is 0.161 e. The Morgan fingerprint density at radius 3 is 2.54 bits per heavy atom. The number of anilines is 1. The maximum atomic E-state index is 13.2. The van der Waals surface area contributed by atoms with E-state index in [1.165, 1.54) is 12.1 Å². The molecule has 0 radical (unpaired) electrons. The maximum absolute atomic E-state index is 13.2. The first-order valence-electron chi connectivity index (χ1n) is 7.59. The minimum Gasteiger partial charge on any atom is -0.261 e. The minimum absolute atomic E-state index is 0.292. The van der Waals surface area contributed by atoms with Crippen LogP contribution in [-0.2, 0) is 0 Å². The summed E-state index contributed by atoms with van der Waals surface area (Å²) in [6.07, 6.45) is 1.56. The Hall–Kier alpha value is -3.08. The fraction of sp³-hybridized carbons (Fsp3) is 0.105. The van der Waals surface area contributed by atoms with E-state index >= 15 is 0 Å². The van der Waals surface area contributed by atoms with Crippen LogP contribution in [0.3, 0.4) is 0 Å². The van der Waals surface area contributed by atoms with Gasteiger partial charge in [0.25, 0.3) is 0 Å². The highest BCUT2D eigenvalue weighted by molar-refractivity contribution is 5.80. The zero-order valence-electron chi connectivity index (χ0n) is 13.5. The van der Waals surface area contributed by atoms with Crippen LogP contribution in [0.2, 0.25) is 0 Å². The van der Waals surface area contributed by atoms with Crippen molar-refractivity contribution in [3.63, 3.8) is 0 Å². The lowest BCUT2D eigenvalue weighted by Crippen LogP contribution is -2.03. The Bertz CT molecular complexity index is 876. The van der Waals surface area contributed by atoms with E-state index < -0.39 is 0 Å². The molecule has 1 heterocycles. The second-order valence-corrected chi connectivity index (χ2v) is 5.40. The Kier molecular flexibility index (Phi) is 4.61. The van der Waals surface area contributed by atoms with E-state index in [0.29, 0.717) is 17.2 Å². The Balaban J connectivity index is 1.86. The van der Waals surface area contributed by atoms with Gasteiger partial charge in [-0.15, -0.1) is 0 Å². The molecule has 0 atom stereocenters. The third-order valence-corrected chi connectivity index (χ3v) is 3.65. The number of benzene rings is 2. The van der Waals surface area contributed by atoms with Gasteiger partial charge in [-0.1, -0.05) is 42.5 Å². The zero-order valence-corrected chi connectivity index (χ0v) is 13.5. The first-order chi connectivity index (χ1) is 11.6. The molecule has 1 aromatic heterocycles. The molecule has 0 aliphatic carbocycles. The molecule has 0 saturated carbocycles. The van der Waals surface area contributed by atoms with Gasteiger partial charge in [-0.2, -0.15) is 5.10 Å². The molecular formula is C19H17FN4. The van der Waals surface area contributed by atoms with E-state index in [1.54, 1.807) is 18.3 Å². The van der Waals surface area contributed by atoms with Gasteiger partial charge < -0.3 is 0 Å². The molecule has 2 aromatic carbocycles. The number of hydrazone groups is 1. The number of aryl methyl sites for hydroxylation is 1. The van der Waals surface area contributed by atoms with Gasteiger partial charge in [0.2, 0.25) is 0 Å². The first kappa shape index (κ1) is 15.8. The summed E-state index contributed by atoms with van der Waals surface area (Å²) < 4.78 is 13.2. The van der Waals surface area contributed by atoms with Crippen molar-refractivity contribution >= 4 is 12.0 Å². The van der Waals surface area contributed by atoms with E-state index in [-0.39, 0.29) is 5.82 Å². The number of aromatic nitrogens is 2. The lowest BCUT2D eigenvalue weighted by Gasteiger charge is -2.09. The van der Waals surface area contributed by atoms with E-state index in [0.717, 1.165) is 16.8 Å². The largest absolute Gasteiger partial charge is 0.261 e. The molecule has 3 aromatic rings. The zero-order chi connectivity index (χ0) is 16.9. The van der Waals surface area contributed by atoms with Crippen LogP contribution in [0.25, 0.3) is 11.4 Å². The van der Waals surface area contributed by atoms with Crippen LogP contribution in [0.15, 0.2) is 59.7 Å². The van der Waals surface area contributed by atoms with Crippen molar-refractivity contribution < 1.29 is 4.39 Å². The van der Waals surface area contributed by atoms with Gasteiger partial charge in [0.1, 0.15) is 5.82 Å². The van der Waals surface area contributed by atoms with Crippen molar-refractivity contribution in [2.45, 2.75) is 13.8 Å². The summed E-state index contributed by atoms with van der Waals surface area (Å²) in [5, 5.41) is 4.16. The van der Waals surface area contributed by atoms with Crippen LogP contribution in [0.4, 0.5) is 10.2 Å². The molecule has 1 N–H and O–H groups in total. The molecule has 0 fully saturated rings. The summed E-state index contributed by atoms with van der Waals surface area (Å²) in [4.78, 5) is 9.07. The van der Waals surface area contributed by atoms with E-state index in [1.807, 2.05) is 44.2 Å². The summed E-state index contributed by atoms with van der Waals surface area (Å²) in [7, 11) is 0. The van der Waals surface area contributed by atoms with Gasteiger partial charge in [0, 0.05) is 16.8 Å². The highest BCUT2D eigenvalue weighted by atomic mass is 19.1. The molecule has 0 unspecified atom stereocenters. The molecule has 0 aliphatic rings. The molecule has 120 valence electrons. The Labute approximate surface area is 140 Å². The van der Waals surface area contributed by atoms with Crippen molar-refractivity contribution in [1.29, 1.82) is 0 Å². The third kappa shape index (κ3) is 3.63. The molecule has 0 saturated heterocycles. The topological polar surface area (TPSA) is 50.2 Å². The molecule has 5 heteroatoms. The van der Waals surface area contributed by atoms with Crippen LogP contribution in [0.1, 0.15) is 16.8 Å². The highest BCUT2D eigenvalue weighted by Gasteiger charge is 2.08. The fourth-order valence-corrected chi connectivity index (χ4v) is 2.21. The Morgan fingerprint density at radius 1 is 1.00 bits per heavy atom. The average Bonchev–Trinajstić information content (AvgIpc) is 2.59. The molecule has 0 bridgehead atoms. The molecular weight excluding hydrogens is 303 g/mol. The molecule has 0 aliphatic heterocycles. The standard InChI is InChI=1S/C19H17FN4/c1-13-14(2)22-19(16-8-4-3-5-9-16)23-18(13)24-21-12-15-7-6-10-17(20)11-15/h3-12H,1-2H3,(H,22,23,24). The van der Waals surface area contributed by atoms with Crippen molar-refractivity contribution in [3.05, 3.63) is 77.2 Å². The number of hydrogen-bond donors (Lipinski definition) is 1. The Morgan fingerprint density at radius 2 is 1.79 bits per heavy atom. The molecule has 24 heavy (non-hydrogen) atoms. The van der Waals surface area contributed by atoms with Crippen LogP contribution >= 0.6 is 0 Å². The summed E-state index contributed by atoms with van der Waals surface area (Å²) in [6.45, 7) is 3.87. The van der Waals surface area contributed by atoms with Crippen LogP contribution in [0.5, 0.6) is 0 Å². The van der Waals surface area contributed by atoms with Crippen molar-refractivity contribution in [2.75, 3.05) is 5.43 Å². The number of rotatable bonds is 4. The summed E-state index contributed by atoms with van der Waals surface area (Å²) in [5.74, 6) is 0.982. The van der Waals surface area contributed by atoms with Gasteiger partial charge in [-0.25, -0.2) is 14.4 Å². The van der Waals surface area contributed by atoms with Gasteiger partial charge in [0.05, 0.1) is 6.21 Å². The van der Waals surface area contributed by atoms with Crippen LogP contribution in [-0.4, -0.2) is 16.2 Å². The fourth-order valence-electron chi connectivity index (χ4n) is 2.21. The maximum Gasteiger partial charge on any atom is 0.161 e. The van der Waals surface area contributed by atoms with Crippen molar-refractivity contribution in [3.8, 4) is 11.4 Å². The normalized spacial score (nSPS) is 11.0. The third-order valence-electron chi connectivity index (χ3n) is 3.65. The first-order valence-corrected chi connectivity index (χ1v) is 7.59. The van der Waals surface area contributed by atoms with Crippen LogP contribution in [0, 0.1) is 19.7 Å². The number of halogens is 1. The minimum atomic E-state index is -0.292. The lowest BCUT2D eigenvalue weighted by molar-refractivity contribution is 0.627. The molecule has 4 nitrogen and oxygen atoms in total. The van der Waals surface area contributed by atoms with Gasteiger partial charge in [0.15, 0.2) is 11.6 Å². The SMILES string of the molecule is Cc1nc(-c2ccccc2)nc(NN=Cc2cccc(F)c2)c1C. The molecule has 0 spiro atoms.